The maximum atomic E-state index is 13.6. The number of carbonyl (C=O) groups is 2. The number of hydrogen-bond donors (Lipinski definition) is 0. The molecule has 0 radical (unpaired) electrons. The van der Waals surface area contributed by atoms with E-state index in [1.54, 1.807) is 18.3 Å². The van der Waals surface area contributed by atoms with Crippen molar-refractivity contribution in [3.05, 3.63) is 142 Å². The first-order valence-corrected chi connectivity index (χ1v) is 17.8. The smallest absolute Gasteiger partial charge is 0.349 e. The molecule has 2 unspecified atom stereocenters. The number of nitrogens with zero attached hydrogens (tertiary/aromatic N) is 6. The number of imidazole rings is 2. The number of morpholine rings is 2. The zero-order valence-corrected chi connectivity index (χ0v) is 29.3. The minimum Gasteiger partial charge on any atom is -0.373 e. The van der Waals surface area contributed by atoms with Gasteiger partial charge in [-0.3, -0.25) is 18.3 Å². The van der Waals surface area contributed by atoms with E-state index in [2.05, 4.69) is 0 Å². The van der Waals surface area contributed by atoms with E-state index < -0.39 is 24.1 Å². The van der Waals surface area contributed by atoms with Gasteiger partial charge in [-0.1, -0.05) is 60.7 Å². The predicted molar refractivity (Wildman–Crippen MR) is 199 cm³/mol. The Hall–Kier alpha value is -6.06. The highest BCUT2D eigenvalue weighted by Gasteiger charge is 2.28. The standard InChI is InChI=1S/C40H38N6O8/c47-37(53-41-21-23-51-31(25-41)27-43-33-15-7-9-17-35(33)45(39(43)49)29-11-3-1-4-12-29)19-20-38(48)54-42-22-24-52-32(26-42)28-44-34-16-8-10-18-36(34)46(40(44)50)30-13-5-2-6-14-30/h1-20,31-32H,21-28H2/b20-19-. The number of carbonyl (C=O) groups excluding carboxylic acids is 2. The van der Waals surface area contributed by atoms with Gasteiger partial charge in [0.15, 0.2) is 0 Å². The molecule has 4 heterocycles. The summed E-state index contributed by atoms with van der Waals surface area (Å²) in [6, 6.07) is 34.0. The number of hydroxylamine groups is 4. The summed E-state index contributed by atoms with van der Waals surface area (Å²) >= 11 is 0. The summed E-state index contributed by atoms with van der Waals surface area (Å²) in [4.78, 5) is 63.7. The van der Waals surface area contributed by atoms with Crippen LogP contribution in [0.1, 0.15) is 0 Å². The lowest BCUT2D eigenvalue weighted by Gasteiger charge is -2.31. The van der Waals surface area contributed by atoms with E-state index in [-0.39, 0.29) is 50.8 Å². The predicted octanol–water partition coefficient (Wildman–Crippen LogP) is 3.47. The highest BCUT2D eigenvalue weighted by molar-refractivity contribution is 5.91. The summed E-state index contributed by atoms with van der Waals surface area (Å²) in [5.41, 5.74) is 4.21. The topological polar surface area (TPSA) is 131 Å². The second-order valence-electron chi connectivity index (χ2n) is 13.0. The lowest BCUT2D eigenvalue weighted by molar-refractivity contribution is -0.213. The third kappa shape index (κ3) is 7.27. The molecule has 0 spiro atoms. The largest absolute Gasteiger partial charge is 0.373 e. The van der Waals surface area contributed by atoms with Crippen molar-refractivity contribution in [2.45, 2.75) is 25.3 Å². The van der Waals surface area contributed by atoms with Crippen molar-refractivity contribution in [1.29, 1.82) is 0 Å². The first kappa shape index (κ1) is 35.0. The molecule has 2 aliphatic rings. The van der Waals surface area contributed by atoms with E-state index in [9.17, 15) is 19.2 Å². The molecule has 2 fully saturated rings. The third-order valence-electron chi connectivity index (χ3n) is 9.47. The van der Waals surface area contributed by atoms with Crippen molar-refractivity contribution in [3.8, 4) is 11.4 Å². The van der Waals surface area contributed by atoms with Crippen LogP contribution in [0.15, 0.2) is 131 Å². The second-order valence-corrected chi connectivity index (χ2v) is 13.0. The van der Waals surface area contributed by atoms with E-state index in [0.717, 1.165) is 45.6 Å². The van der Waals surface area contributed by atoms with Gasteiger partial charge in [-0.2, -0.15) is 0 Å². The average Bonchev–Trinajstić information content (AvgIpc) is 3.63. The molecule has 14 nitrogen and oxygen atoms in total. The molecule has 54 heavy (non-hydrogen) atoms. The summed E-state index contributed by atoms with van der Waals surface area (Å²) < 4.78 is 18.6. The van der Waals surface area contributed by atoms with Crippen LogP contribution in [0.3, 0.4) is 0 Å². The van der Waals surface area contributed by atoms with Gasteiger partial charge in [0, 0.05) is 12.2 Å². The molecule has 0 aliphatic carbocycles. The molecular formula is C40H38N6O8. The fraction of sp³-hybridized carbons (Fsp3) is 0.250. The maximum Gasteiger partial charge on any atom is 0.349 e. The van der Waals surface area contributed by atoms with Crippen molar-refractivity contribution in [2.24, 2.45) is 0 Å². The van der Waals surface area contributed by atoms with Crippen LogP contribution < -0.4 is 11.4 Å². The first-order valence-electron chi connectivity index (χ1n) is 17.8. The fourth-order valence-corrected chi connectivity index (χ4v) is 7.05. The van der Waals surface area contributed by atoms with Crippen molar-refractivity contribution < 1.29 is 28.7 Å². The molecule has 8 rings (SSSR count). The monoisotopic (exact) mass is 730 g/mol. The average molecular weight is 731 g/mol. The van der Waals surface area contributed by atoms with Gasteiger partial charge >= 0.3 is 23.3 Å². The van der Waals surface area contributed by atoms with E-state index in [1.807, 2.05) is 109 Å². The Labute approximate surface area is 309 Å². The Morgan fingerprint density at radius 3 is 1.33 bits per heavy atom. The number of ether oxygens (including phenoxy) is 2. The number of fused-ring (bicyclic) bond motifs is 2. The van der Waals surface area contributed by atoms with E-state index in [1.165, 1.54) is 10.1 Å². The SMILES string of the molecule is O=C(/C=C\C(=O)ON1CCOC(Cn2c(=O)n(-c3ccccc3)c3ccccc32)C1)ON1CCOC(Cn2c(=O)n(-c3ccccc3)c3ccccc32)C1. The normalized spacial score (nSPS) is 18.4. The lowest BCUT2D eigenvalue weighted by Crippen LogP contribution is -2.46. The first-order chi connectivity index (χ1) is 26.4. The minimum atomic E-state index is -0.750. The zero-order valence-electron chi connectivity index (χ0n) is 29.3. The minimum absolute atomic E-state index is 0.197. The van der Waals surface area contributed by atoms with Crippen molar-refractivity contribution >= 4 is 34.0 Å². The van der Waals surface area contributed by atoms with Gasteiger partial charge in [0.25, 0.3) is 0 Å². The van der Waals surface area contributed by atoms with Crippen LogP contribution >= 0.6 is 0 Å². The van der Waals surface area contributed by atoms with Gasteiger partial charge < -0.3 is 19.1 Å². The van der Waals surface area contributed by atoms with Gasteiger partial charge in [0.1, 0.15) is 0 Å². The second kappa shape index (κ2) is 15.5. The Balaban J connectivity index is 0.861. The van der Waals surface area contributed by atoms with Crippen molar-refractivity contribution in [2.75, 3.05) is 39.4 Å². The van der Waals surface area contributed by atoms with Gasteiger partial charge in [0.05, 0.1) is 98.1 Å². The molecule has 0 bridgehead atoms. The highest BCUT2D eigenvalue weighted by Crippen LogP contribution is 2.21. The van der Waals surface area contributed by atoms with Crippen molar-refractivity contribution in [3.63, 3.8) is 0 Å². The molecule has 2 saturated heterocycles. The fourth-order valence-electron chi connectivity index (χ4n) is 7.05. The number of benzene rings is 4. The Morgan fingerprint density at radius 1 is 0.556 bits per heavy atom. The molecule has 2 aliphatic heterocycles. The molecule has 0 amide bonds. The molecule has 2 aromatic heterocycles. The quantitative estimate of drug-likeness (QED) is 0.193. The van der Waals surface area contributed by atoms with Crippen LogP contribution in [-0.2, 0) is 41.8 Å². The van der Waals surface area contributed by atoms with E-state index >= 15 is 0 Å². The zero-order chi connectivity index (χ0) is 37.0. The molecule has 276 valence electrons. The van der Waals surface area contributed by atoms with E-state index in [4.69, 9.17) is 19.1 Å². The van der Waals surface area contributed by atoms with Crippen LogP contribution in [0.25, 0.3) is 33.4 Å². The molecule has 14 heteroatoms. The third-order valence-corrected chi connectivity index (χ3v) is 9.47. The molecule has 0 N–H and O–H groups in total. The number of rotatable bonds is 10. The molecule has 0 saturated carbocycles. The molecular weight excluding hydrogens is 692 g/mol. The summed E-state index contributed by atoms with van der Waals surface area (Å²) in [5.74, 6) is -1.50. The van der Waals surface area contributed by atoms with Crippen LogP contribution in [0.4, 0.5) is 0 Å². The molecule has 6 aromatic rings. The lowest BCUT2D eigenvalue weighted by atomic mass is 10.2. The molecule has 2 atom stereocenters. The Morgan fingerprint density at radius 2 is 0.926 bits per heavy atom. The van der Waals surface area contributed by atoms with Gasteiger partial charge in [-0.15, -0.1) is 10.1 Å². The van der Waals surface area contributed by atoms with Gasteiger partial charge in [0.2, 0.25) is 0 Å². The molecule has 4 aromatic carbocycles. The van der Waals surface area contributed by atoms with E-state index in [0.29, 0.717) is 13.1 Å². The summed E-state index contributed by atoms with van der Waals surface area (Å²) in [5, 5.41) is 2.94. The Kier molecular flexibility index (Phi) is 10.0. The van der Waals surface area contributed by atoms with Crippen LogP contribution in [-0.4, -0.2) is 91.9 Å². The number of aromatic nitrogens is 4. The summed E-state index contributed by atoms with van der Waals surface area (Å²) in [6.07, 6.45) is 1.16. The highest BCUT2D eigenvalue weighted by atomic mass is 16.7. The number of hydrogen-bond acceptors (Lipinski definition) is 10. The van der Waals surface area contributed by atoms with Crippen LogP contribution in [0, 0.1) is 0 Å². The summed E-state index contributed by atoms with van der Waals surface area (Å²) in [6.45, 7) is 2.17. The van der Waals surface area contributed by atoms with Crippen LogP contribution in [0.2, 0.25) is 0 Å². The maximum absolute atomic E-state index is 13.6. The Bertz CT molecular complexity index is 2260. The van der Waals surface area contributed by atoms with Crippen LogP contribution in [0.5, 0.6) is 0 Å². The number of para-hydroxylation sites is 6. The summed E-state index contributed by atoms with van der Waals surface area (Å²) in [7, 11) is 0. The van der Waals surface area contributed by atoms with Gasteiger partial charge in [-0.05, 0) is 48.5 Å². The van der Waals surface area contributed by atoms with Gasteiger partial charge in [-0.25, -0.2) is 19.2 Å². The van der Waals surface area contributed by atoms with Crippen molar-refractivity contribution in [1.82, 2.24) is 28.4 Å².